The Labute approximate surface area is 118 Å². The molecule has 4 heteroatoms. The molecule has 0 aliphatic rings. The molecular weight excluding hydrogens is 314 g/mol. The number of carbonyl (C=O) groups excluding carboxylic acids is 1. The number of rotatable bonds is 3. The van der Waals surface area contributed by atoms with Gasteiger partial charge >= 0.3 is 0 Å². The quantitative estimate of drug-likeness (QED) is 0.762. The second kappa shape index (κ2) is 5.61. The minimum absolute atomic E-state index is 0.129. The van der Waals surface area contributed by atoms with Crippen LogP contribution >= 0.6 is 15.9 Å². The lowest BCUT2D eigenvalue weighted by Gasteiger charge is -2.05. The number of carbonyl (C=O) groups is 1. The zero-order valence-corrected chi connectivity index (χ0v) is 11.8. The summed E-state index contributed by atoms with van der Waals surface area (Å²) in [6.07, 6.45) is 0.145. The van der Waals surface area contributed by atoms with Crippen LogP contribution in [0.5, 0.6) is 0 Å². The Balaban J connectivity index is 2.23. The van der Waals surface area contributed by atoms with E-state index in [0.29, 0.717) is 21.2 Å². The lowest BCUT2D eigenvalue weighted by atomic mass is 10.0. The summed E-state index contributed by atoms with van der Waals surface area (Å²) >= 11 is 3.22. The Morgan fingerprint density at radius 2 is 1.89 bits per heavy atom. The first-order chi connectivity index (χ1) is 8.97. The van der Waals surface area contributed by atoms with Gasteiger partial charge in [-0.1, -0.05) is 22.0 Å². The van der Waals surface area contributed by atoms with Crippen LogP contribution in [0.4, 0.5) is 8.78 Å². The van der Waals surface area contributed by atoms with Crippen molar-refractivity contribution in [3.63, 3.8) is 0 Å². The Morgan fingerprint density at radius 3 is 2.53 bits per heavy atom. The van der Waals surface area contributed by atoms with Crippen molar-refractivity contribution in [2.75, 3.05) is 0 Å². The average molecular weight is 325 g/mol. The van der Waals surface area contributed by atoms with E-state index in [9.17, 15) is 13.6 Å². The molecule has 0 heterocycles. The van der Waals surface area contributed by atoms with E-state index in [1.165, 1.54) is 30.3 Å². The fourth-order valence-electron chi connectivity index (χ4n) is 1.76. The topological polar surface area (TPSA) is 17.1 Å². The highest BCUT2D eigenvalue weighted by atomic mass is 79.9. The maximum Gasteiger partial charge on any atom is 0.167 e. The summed E-state index contributed by atoms with van der Waals surface area (Å²) in [5.74, 6) is -0.823. The van der Waals surface area contributed by atoms with Crippen molar-refractivity contribution in [1.82, 2.24) is 0 Å². The van der Waals surface area contributed by atoms with Gasteiger partial charge in [0, 0.05) is 16.5 Å². The van der Waals surface area contributed by atoms with Crippen LogP contribution in [0.3, 0.4) is 0 Å². The van der Waals surface area contributed by atoms with Gasteiger partial charge in [0.2, 0.25) is 0 Å². The van der Waals surface area contributed by atoms with E-state index >= 15 is 0 Å². The first-order valence-electron chi connectivity index (χ1n) is 5.70. The van der Waals surface area contributed by atoms with Gasteiger partial charge in [-0.05, 0) is 48.4 Å². The monoisotopic (exact) mass is 324 g/mol. The van der Waals surface area contributed by atoms with Crippen LogP contribution in [0.15, 0.2) is 40.9 Å². The van der Waals surface area contributed by atoms with Crippen molar-refractivity contribution in [3.05, 3.63) is 69.2 Å². The average Bonchev–Trinajstić information content (AvgIpc) is 2.36. The Kier molecular flexibility index (Phi) is 4.10. The number of Topliss-reactive ketones (excluding diaryl/α,β-unsaturated/α-hetero) is 1. The van der Waals surface area contributed by atoms with E-state index < -0.39 is 0 Å². The molecule has 0 radical (unpaired) electrons. The van der Waals surface area contributed by atoms with Gasteiger partial charge in [-0.25, -0.2) is 8.78 Å². The van der Waals surface area contributed by atoms with Gasteiger partial charge < -0.3 is 0 Å². The summed E-state index contributed by atoms with van der Waals surface area (Å²) in [7, 11) is 0. The number of hydrogen-bond donors (Lipinski definition) is 0. The molecule has 0 spiro atoms. The molecule has 0 aliphatic heterocycles. The molecule has 98 valence electrons. The zero-order valence-electron chi connectivity index (χ0n) is 10.2. The lowest BCUT2D eigenvalue weighted by Crippen LogP contribution is -2.05. The van der Waals surface area contributed by atoms with Gasteiger partial charge in [-0.15, -0.1) is 0 Å². The van der Waals surface area contributed by atoms with E-state index in [1.807, 2.05) is 0 Å². The van der Waals surface area contributed by atoms with Crippen LogP contribution in [0.2, 0.25) is 0 Å². The SMILES string of the molecule is Cc1cc(C(=O)Cc2ccc(F)cc2Br)ccc1F. The van der Waals surface area contributed by atoms with E-state index in [4.69, 9.17) is 0 Å². The smallest absolute Gasteiger partial charge is 0.167 e. The summed E-state index contributed by atoms with van der Waals surface area (Å²) in [5.41, 5.74) is 1.59. The fraction of sp³-hybridized carbons (Fsp3) is 0.133. The minimum Gasteiger partial charge on any atom is -0.294 e. The molecule has 0 N–H and O–H groups in total. The van der Waals surface area contributed by atoms with Crippen molar-refractivity contribution < 1.29 is 13.6 Å². The van der Waals surface area contributed by atoms with E-state index in [1.54, 1.807) is 13.0 Å². The lowest BCUT2D eigenvalue weighted by molar-refractivity contribution is 0.0992. The van der Waals surface area contributed by atoms with Crippen molar-refractivity contribution in [1.29, 1.82) is 0 Å². The second-order valence-corrected chi connectivity index (χ2v) is 5.15. The highest BCUT2D eigenvalue weighted by Crippen LogP contribution is 2.20. The molecule has 0 bridgehead atoms. The highest BCUT2D eigenvalue weighted by Gasteiger charge is 2.11. The summed E-state index contributed by atoms with van der Waals surface area (Å²) in [6.45, 7) is 1.61. The Bertz CT molecular complexity index is 638. The van der Waals surface area contributed by atoms with E-state index in [2.05, 4.69) is 15.9 Å². The summed E-state index contributed by atoms with van der Waals surface area (Å²) in [6, 6.07) is 8.45. The molecule has 0 saturated heterocycles. The predicted octanol–water partition coefficient (Wildman–Crippen LogP) is 4.46. The molecule has 19 heavy (non-hydrogen) atoms. The summed E-state index contributed by atoms with van der Waals surface area (Å²) < 4.78 is 26.6. The van der Waals surface area contributed by atoms with Crippen LogP contribution in [-0.2, 0) is 6.42 Å². The van der Waals surface area contributed by atoms with Crippen LogP contribution in [-0.4, -0.2) is 5.78 Å². The van der Waals surface area contributed by atoms with Gasteiger partial charge in [0.25, 0.3) is 0 Å². The molecule has 2 rings (SSSR count). The van der Waals surface area contributed by atoms with Crippen LogP contribution < -0.4 is 0 Å². The van der Waals surface area contributed by atoms with E-state index in [-0.39, 0.29) is 23.8 Å². The minimum atomic E-state index is -0.360. The van der Waals surface area contributed by atoms with E-state index in [0.717, 1.165) is 0 Å². The third-order valence-corrected chi connectivity index (χ3v) is 3.58. The number of benzene rings is 2. The molecule has 0 saturated carbocycles. The fourth-order valence-corrected chi connectivity index (χ4v) is 2.25. The second-order valence-electron chi connectivity index (χ2n) is 4.30. The largest absolute Gasteiger partial charge is 0.294 e. The molecule has 0 atom stereocenters. The van der Waals surface area contributed by atoms with Crippen LogP contribution in [0.25, 0.3) is 0 Å². The highest BCUT2D eigenvalue weighted by molar-refractivity contribution is 9.10. The normalized spacial score (nSPS) is 10.5. The van der Waals surface area contributed by atoms with Crippen molar-refractivity contribution in [3.8, 4) is 0 Å². The Hall–Kier alpha value is -1.55. The molecule has 2 aromatic carbocycles. The maximum absolute atomic E-state index is 13.1. The number of halogens is 3. The Morgan fingerprint density at radius 1 is 1.16 bits per heavy atom. The number of aryl methyl sites for hydroxylation is 1. The molecule has 0 aromatic heterocycles. The molecule has 0 fully saturated rings. The van der Waals surface area contributed by atoms with Gasteiger partial charge in [-0.2, -0.15) is 0 Å². The first-order valence-corrected chi connectivity index (χ1v) is 6.50. The predicted molar refractivity (Wildman–Crippen MR) is 73.3 cm³/mol. The van der Waals surface area contributed by atoms with Gasteiger partial charge in [0.05, 0.1) is 0 Å². The maximum atomic E-state index is 13.1. The first kappa shape index (κ1) is 13.9. The molecule has 1 nitrogen and oxygen atoms in total. The third kappa shape index (κ3) is 3.26. The van der Waals surface area contributed by atoms with Gasteiger partial charge in [0.1, 0.15) is 11.6 Å². The molecule has 0 aliphatic carbocycles. The van der Waals surface area contributed by atoms with Gasteiger partial charge in [-0.3, -0.25) is 4.79 Å². The number of hydrogen-bond acceptors (Lipinski definition) is 1. The standard InChI is InChI=1S/C15H11BrF2O/c1-9-6-11(3-5-14(9)18)15(19)7-10-2-4-12(17)8-13(10)16/h2-6,8H,7H2,1H3. The number of ketones is 1. The van der Waals surface area contributed by atoms with Crippen LogP contribution in [0.1, 0.15) is 21.5 Å². The summed E-state index contributed by atoms with van der Waals surface area (Å²) in [5, 5.41) is 0. The van der Waals surface area contributed by atoms with Gasteiger partial charge in [0.15, 0.2) is 5.78 Å². The van der Waals surface area contributed by atoms with Crippen molar-refractivity contribution in [2.24, 2.45) is 0 Å². The molecule has 0 amide bonds. The summed E-state index contributed by atoms with van der Waals surface area (Å²) in [4.78, 5) is 12.1. The van der Waals surface area contributed by atoms with Crippen LogP contribution in [0, 0.1) is 18.6 Å². The molecule has 0 unspecified atom stereocenters. The van der Waals surface area contributed by atoms with Crippen molar-refractivity contribution in [2.45, 2.75) is 13.3 Å². The van der Waals surface area contributed by atoms with Crippen molar-refractivity contribution >= 4 is 21.7 Å². The third-order valence-electron chi connectivity index (χ3n) is 2.85. The molecule has 2 aromatic rings. The zero-order chi connectivity index (χ0) is 14.0. The molecular formula is C15H11BrF2O.